The van der Waals surface area contributed by atoms with Gasteiger partial charge in [0.05, 0.1) is 13.2 Å². The Morgan fingerprint density at radius 1 is 1.22 bits per heavy atom. The Hall–Kier alpha value is -0.960. The Balaban J connectivity index is 2.55. The fourth-order valence-corrected chi connectivity index (χ4v) is 2.39. The van der Waals surface area contributed by atoms with Crippen LogP contribution >= 0.6 is 8.38 Å². The second kappa shape index (κ2) is 8.20. The number of hydrogen-bond acceptors (Lipinski definition) is 4. The number of ketones is 1. The molecule has 18 heavy (non-hydrogen) atoms. The van der Waals surface area contributed by atoms with E-state index in [-0.39, 0.29) is 5.78 Å². The SMILES string of the molecule is CCOP(COc1cccc(C(C)=O)c1)OCC. The van der Waals surface area contributed by atoms with Gasteiger partial charge in [-0.1, -0.05) is 12.1 Å². The maximum absolute atomic E-state index is 11.2. The predicted octanol–water partition coefficient (Wildman–Crippen LogP) is 3.61. The molecule has 0 N–H and O–H groups in total. The molecular formula is C13H19O4P. The largest absolute Gasteiger partial charge is 0.484 e. The molecule has 0 bridgehead atoms. The van der Waals surface area contributed by atoms with E-state index < -0.39 is 8.38 Å². The van der Waals surface area contributed by atoms with Gasteiger partial charge in [-0.3, -0.25) is 4.79 Å². The van der Waals surface area contributed by atoms with E-state index in [1.165, 1.54) is 6.92 Å². The molecule has 5 heteroatoms. The van der Waals surface area contributed by atoms with Crippen LogP contribution in [0.3, 0.4) is 0 Å². The van der Waals surface area contributed by atoms with Gasteiger partial charge >= 0.3 is 0 Å². The normalized spacial score (nSPS) is 10.7. The first-order chi connectivity index (χ1) is 8.67. The van der Waals surface area contributed by atoms with Crippen LogP contribution in [0.15, 0.2) is 24.3 Å². The lowest BCUT2D eigenvalue weighted by molar-refractivity contribution is 0.101. The van der Waals surface area contributed by atoms with E-state index in [9.17, 15) is 4.79 Å². The van der Waals surface area contributed by atoms with Crippen LogP contribution in [0.25, 0.3) is 0 Å². The van der Waals surface area contributed by atoms with Crippen molar-refractivity contribution in [2.45, 2.75) is 20.8 Å². The molecule has 0 atom stereocenters. The van der Waals surface area contributed by atoms with Crippen molar-refractivity contribution < 1.29 is 18.6 Å². The zero-order valence-electron chi connectivity index (χ0n) is 11.0. The molecule has 1 aromatic rings. The van der Waals surface area contributed by atoms with E-state index in [0.29, 0.717) is 30.9 Å². The van der Waals surface area contributed by atoms with Gasteiger partial charge in [-0.05, 0) is 32.9 Å². The number of rotatable bonds is 8. The molecule has 0 saturated heterocycles. The highest BCUT2D eigenvalue weighted by molar-refractivity contribution is 7.47. The van der Waals surface area contributed by atoms with Crippen LogP contribution in [0.4, 0.5) is 0 Å². The zero-order valence-corrected chi connectivity index (χ0v) is 11.9. The van der Waals surface area contributed by atoms with Crippen LogP contribution in [0.5, 0.6) is 5.75 Å². The first-order valence-electron chi connectivity index (χ1n) is 5.94. The molecule has 0 saturated carbocycles. The predicted molar refractivity (Wildman–Crippen MR) is 72.1 cm³/mol. The summed E-state index contributed by atoms with van der Waals surface area (Å²) in [5.41, 5.74) is 0.643. The smallest absolute Gasteiger partial charge is 0.211 e. The summed E-state index contributed by atoms with van der Waals surface area (Å²) in [7, 11) is -1.02. The van der Waals surface area contributed by atoms with Crippen LogP contribution in [0.1, 0.15) is 31.1 Å². The van der Waals surface area contributed by atoms with E-state index in [4.69, 9.17) is 13.8 Å². The molecule has 100 valence electrons. The van der Waals surface area contributed by atoms with Gasteiger partial charge in [-0.15, -0.1) is 0 Å². The number of carbonyl (C=O) groups is 1. The first-order valence-corrected chi connectivity index (χ1v) is 7.30. The number of ether oxygens (including phenoxy) is 1. The third-order valence-electron chi connectivity index (χ3n) is 2.12. The second-order valence-electron chi connectivity index (χ2n) is 3.53. The maximum atomic E-state index is 11.2. The lowest BCUT2D eigenvalue weighted by Crippen LogP contribution is -2.02. The van der Waals surface area contributed by atoms with Crippen molar-refractivity contribution in [3.8, 4) is 5.75 Å². The summed E-state index contributed by atoms with van der Waals surface area (Å²) in [6.07, 6.45) is 0.373. The van der Waals surface area contributed by atoms with E-state index in [0.717, 1.165) is 0 Å². The molecule has 0 unspecified atom stereocenters. The fraction of sp³-hybridized carbons (Fsp3) is 0.462. The van der Waals surface area contributed by atoms with Crippen molar-refractivity contribution in [1.29, 1.82) is 0 Å². The van der Waals surface area contributed by atoms with Crippen LogP contribution in [0, 0.1) is 0 Å². The van der Waals surface area contributed by atoms with Crippen LogP contribution in [-0.2, 0) is 9.05 Å². The molecule has 0 aliphatic heterocycles. The monoisotopic (exact) mass is 270 g/mol. The van der Waals surface area contributed by atoms with Crippen LogP contribution in [-0.4, -0.2) is 25.3 Å². The first kappa shape index (κ1) is 15.1. The number of carbonyl (C=O) groups excluding carboxylic acids is 1. The van der Waals surface area contributed by atoms with Gasteiger partial charge in [0.2, 0.25) is 8.38 Å². The van der Waals surface area contributed by atoms with Gasteiger partial charge in [0, 0.05) is 5.56 Å². The quantitative estimate of drug-likeness (QED) is 0.534. The van der Waals surface area contributed by atoms with Crippen molar-refractivity contribution in [3.63, 3.8) is 0 Å². The van der Waals surface area contributed by atoms with E-state index in [2.05, 4.69) is 0 Å². The van der Waals surface area contributed by atoms with Crippen molar-refractivity contribution in [1.82, 2.24) is 0 Å². The summed E-state index contributed by atoms with van der Waals surface area (Å²) in [4.78, 5) is 11.2. The lowest BCUT2D eigenvalue weighted by atomic mass is 10.1. The topological polar surface area (TPSA) is 44.8 Å². The number of benzene rings is 1. The van der Waals surface area contributed by atoms with Gasteiger partial charge in [-0.25, -0.2) is 0 Å². The highest BCUT2D eigenvalue weighted by Gasteiger charge is 2.10. The summed E-state index contributed by atoms with van der Waals surface area (Å²) in [5, 5.41) is 0. The molecule has 0 aliphatic rings. The third kappa shape index (κ3) is 5.13. The molecule has 4 nitrogen and oxygen atoms in total. The molecule has 0 radical (unpaired) electrons. The van der Waals surface area contributed by atoms with Crippen molar-refractivity contribution >= 4 is 14.2 Å². The molecule has 1 aromatic carbocycles. The van der Waals surface area contributed by atoms with E-state index in [1.807, 2.05) is 19.9 Å². The summed E-state index contributed by atoms with van der Waals surface area (Å²) >= 11 is 0. The average molecular weight is 270 g/mol. The van der Waals surface area contributed by atoms with Gasteiger partial charge in [0.1, 0.15) is 5.75 Å². The molecule has 0 amide bonds. The Kier molecular flexibility index (Phi) is 6.88. The molecule has 0 heterocycles. The molecule has 0 fully saturated rings. The van der Waals surface area contributed by atoms with Crippen molar-refractivity contribution in [2.24, 2.45) is 0 Å². The van der Waals surface area contributed by atoms with Gasteiger partial charge in [0.15, 0.2) is 12.1 Å². The Morgan fingerprint density at radius 2 is 1.89 bits per heavy atom. The Labute approximate surface area is 109 Å². The van der Waals surface area contributed by atoms with Crippen LogP contribution < -0.4 is 4.74 Å². The highest BCUT2D eigenvalue weighted by Crippen LogP contribution is 2.38. The summed E-state index contributed by atoms with van der Waals surface area (Å²) in [6.45, 7) is 6.58. The standard InChI is InChI=1S/C13H19O4P/c1-4-16-18(17-5-2)10-15-13-8-6-7-12(9-13)11(3)14/h6-9H,4-5,10H2,1-3H3. The third-order valence-corrected chi connectivity index (χ3v) is 3.56. The average Bonchev–Trinajstić information content (AvgIpc) is 2.37. The molecule has 0 spiro atoms. The molecule has 1 rings (SSSR count). The van der Waals surface area contributed by atoms with Gasteiger partial charge < -0.3 is 13.8 Å². The Bertz CT molecular complexity index is 375. The Morgan fingerprint density at radius 3 is 2.44 bits per heavy atom. The van der Waals surface area contributed by atoms with Crippen LogP contribution in [0.2, 0.25) is 0 Å². The molecule has 0 aromatic heterocycles. The summed E-state index contributed by atoms with van der Waals surface area (Å²) in [5.74, 6) is 0.687. The van der Waals surface area contributed by atoms with Gasteiger partial charge in [0.25, 0.3) is 0 Å². The summed E-state index contributed by atoms with van der Waals surface area (Å²) in [6, 6.07) is 7.12. The van der Waals surface area contributed by atoms with Crippen molar-refractivity contribution in [2.75, 3.05) is 19.6 Å². The molecular weight excluding hydrogens is 251 g/mol. The van der Waals surface area contributed by atoms with Gasteiger partial charge in [-0.2, -0.15) is 0 Å². The summed E-state index contributed by atoms with van der Waals surface area (Å²) < 4.78 is 16.5. The second-order valence-corrected chi connectivity index (χ2v) is 4.97. The number of hydrogen-bond donors (Lipinski definition) is 0. The van der Waals surface area contributed by atoms with E-state index in [1.54, 1.807) is 18.2 Å². The fourth-order valence-electron chi connectivity index (χ4n) is 1.33. The minimum absolute atomic E-state index is 0.0253. The minimum Gasteiger partial charge on any atom is -0.484 e. The highest BCUT2D eigenvalue weighted by atomic mass is 31.2. The van der Waals surface area contributed by atoms with Crippen molar-refractivity contribution in [3.05, 3.63) is 29.8 Å². The van der Waals surface area contributed by atoms with E-state index >= 15 is 0 Å². The molecule has 0 aliphatic carbocycles. The zero-order chi connectivity index (χ0) is 13.4. The minimum atomic E-state index is -1.02. The number of Topliss-reactive ketones (excluding diaryl/α,β-unsaturated/α-hetero) is 1. The lowest BCUT2D eigenvalue weighted by Gasteiger charge is -2.16. The maximum Gasteiger partial charge on any atom is 0.211 e.